The number of fused-ring (bicyclic) bond motifs is 2. The maximum absolute atomic E-state index is 12.7. The number of rotatable bonds is 7. The first-order valence-electron chi connectivity index (χ1n) is 11.6. The highest BCUT2D eigenvalue weighted by Gasteiger charge is 2.42. The average molecular weight is 435 g/mol. The maximum atomic E-state index is 12.7. The van der Waals surface area contributed by atoms with E-state index in [4.69, 9.17) is 4.74 Å². The van der Waals surface area contributed by atoms with Gasteiger partial charge in [0.2, 0.25) is 0 Å². The summed E-state index contributed by atoms with van der Waals surface area (Å²) >= 11 is 0. The summed E-state index contributed by atoms with van der Waals surface area (Å²) in [6.45, 7) is 1.79. The van der Waals surface area contributed by atoms with Gasteiger partial charge in [-0.3, -0.25) is 9.59 Å². The lowest BCUT2D eigenvalue weighted by Crippen LogP contribution is -2.52. The van der Waals surface area contributed by atoms with E-state index in [-0.39, 0.29) is 17.9 Å². The number of hydrogen-bond donors (Lipinski definition) is 2. The van der Waals surface area contributed by atoms with Gasteiger partial charge in [-0.05, 0) is 69.7 Å². The van der Waals surface area contributed by atoms with Crippen LogP contribution in [0.25, 0.3) is 0 Å². The monoisotopic (exact) mass is 434 g/mol. The Labute approximate surface area is 188 Å². The fourth-order valence-electron chi connectivity index (χ4n) is 4.91. The average Bonchev–Trinajstić information content (AvgIpc) is 3.57. The number of nitrogens with zero attached hydrogens (tertiary/aromatic N) is 2. The highest BCUT2D eigenvalue weighted by atomic mass is 16.5. The first-order chi connectivity index (χ1) is 15.6. The number of para-hydroxylation sites is 1. The number of aromatic nitrogens is 1. The van der Waals surface area contributed by atoms with Gasteiger partial charge in [0.05, 0.1) is 5.56 Å². The second-order valence-electron chi connectivity index (χ2n) is 9.20. The number of nitrogens with one attached hydrogen (secondary N) is 2. The van der Waals surface area contributed by atoms with Crippen LogP contribution in [0, 0.1) is 0 Å². The van der Waals surface area contributed by atoms with Gasteiger partial charge >= 0.3 is 0 Å². The summed E-state index contributed by atoms with van der Waals surface area (Å²) in [6.07, 6.45) is 7.27. The van der Waals surface area contributed by atoms with Crippen LogP contribution in [-0.4, -0.2) is 47.1 Å². The maximum Gasteiger partial charge on any atom is 0.260 e. The van der Waals surface area contributed by atoms with Crippen LogP contribution in [0.3, 0.4) is 0 Å². The smallest absolute Gasteiger partial charge is 0.260 e. The van der Waals surface area contributed by atoms with E-state index >= 15 is 0 Å². The van der Waals surface area contributed by atoms with E-state index in [0.717, 1.165) is 44.3 Å². The Balaban J connectivity index is 1.17. The minimum absolute atomic E-state index is 0.0391. The third kappa shape index (κ3) is 4.56. The molecule has 1 aromatic heterocycles. The molecule has 7 heteroatoms. The summed E-state index contributed by atoms with van der Waals surface area (Å²) < 4.78 is 5.77. The van der Waals surface area contributed by atoms with Gasteiger partial charge in [-0.15, -0.1) is 0 Å². The predicted molar refractivity (Wildman–Crippen MR) is 122 cm³/mol. The molecule has 3 atom stereocenters. The van der Waals surface area contributed by atoms with E-state index in [9.17, 15) is 9.59 Å². The molecule has 3 heterocycles. The zero-order valence-corrected chi connectivity index (χ0v) is 18.4. The first-order valence-corrected chi connectivity index (χ1v) is 11.6. The van der Waals surface area contributed by atoms with E-state index in [2.05, 4.69) is 20.5 Å². The number of ether oxygens (including phenoxy) is 1. The van der Waals surface area contributed by atoms with Crippen molar-refractivity contribution in [2.45, 2.75) is 75.7 Å². The quantitative estimate of drug-likeness (QED) is 0.700. The fraction of sp³-hybridized carbons (Fsp3) is 0.480. The highest BCUT2D eigenvalue weighted by Crippen LogP contribution is 2.38. The Hall–Kier alpha value is -3.09. The van der Waals surface area contributed by atoms with Crippen LogP contribution in [0.1, 0.15) is 55.8 Å². The van der Waals surface area contributed by atoms with Crippen LogP contribution in [-0.2, 0) is 4.79 Å². The van der Waals surface area contributed by atoms with Crippen LogP contribution in [0.2, 0.25) is 0 Å². The van der Waals surface area contributed by atoms with Gasteiger partial charge in [-0.25, -0.2) is 4.98 Å². The lowest BCUT2D eigenvalue weighted by Gasteiger charge is -2.40. The number of carbonyl (C=O) groups is 2. The molecule has 1 aliphatic carbocycles. The van der Waals surface area contributed by atoms with E-state index < -0.39 is 6.10 Å². The van der Waals surface area contributed by atoms with Gasteiger partial charge < -0.3 is 20.3 Å². The summed E-state index contributed by atoms with van der Waals surface area (Å²) in [5.41, 5.74) is 0.613. The molecule has 2 aromatic rings. The molecule has 2 saturated heterocycles. The lowest BCUT2D eigenvalue weighted by molar-refractivity contribution is -0.128. The van der Waals surface area contributed by atoms with Gasteiger partial charge in [-0.2, -0.15) is 0 Å². The second kappa shape index (κ2) is 8.81. The molecular formula is C25H30N4O3. The van der Waals surface area contributed by atoms with Gasteiger partial charge in [0.1, 0.15) is 11.6 Å². The second-order valence-corrected chi connectivity index (χ2v) is 9.20. The minimum atomic E-state index is -0.538. The Morgan fingerprint density at radius 3 is 2.31 bits per heavy atom. The summed E-state index contributed by atoms with van der Waals surface area (Å²) in [5.74, 6) is 1.51. The van der Waals surface area contributed by atoms with Crippen molar-refractivity contribution in [3.63, 3.8) is 0 Å². The van der Waals surface area contributed by atoms with E-state index in [0.29, 0.717) is 29.4 Å². The number of anilines is 1. The normalized spacial score (nSPS) is 25.2. The van der Waals surface area contributed by atoms with E-state index in [1.807, 2.05) is 42.5 Å². The van der Waals surface area contributed by atoms with Crippen molar-refractivity contribution in [3.8, 4) is 5.75 Å². The number of benzene rings is 1. The largest absolute Gasteiger partial charge is 0.481 e. The van der Waals surface area contributed by atoms with Gasteiger partial charge in [-0.1, -0.05) is 18.2 Å². The van der Waals surface area contributed by atoms with E-state index in [1.165, 1.54) is 0 Å². The van der Waals surface area contributed by atoms with Gasteiger partial charge in [0.25, 0.3) is 11.8 Å². The lowest BCUT2D eigenvalue weighted by atomic mass is 9.97. The number of hydrogen-bond acceptors (Lipinski definition) is 5. The van der Waals surface area contributed by atoms with Crippen molar-refractivity contribution in [2.24, 2.45) is 0 Å². The highest BCUT2D eigenvalue weighted by molar-refractivity contribution is 5.94. The summed E-state index contributed by atoms with van der Waals surface area (Å²) in [5, 5.41) is 6.20. The first kappa shape index (κ1) is 20.8. The molecule has 3 aliphatic rings. The molecule has 0 spiro atoms. The Morgan fingerprint density at radius 2 is 1.69 bits per heavy atom. The van der Waals surface area contributed by atoms with Crippen LogP contribution < -0.4 is 20.3 Å². The van der Waals surface area contributed by atoms with Crippen LogP contribution in [0.5, 0.6) is 5.75 Å². The molecule has 32 heavy (non-hydrogen) atoms. The molecule has 2 N–H and O–H groups in total. The van der Waals surface area contributed by atoms with Crippen molar-refractivity contribution in [3.05, 3.63) is 54.2 Å². The molecular weight excluding hydrogens is 404 g/mol. The number of piperidine rings is 1. The third-order valence-electron chi connectivity index (χ3n) is 6.69. The van der Waals surface area contributed by atoms with Crippen molar-refractivity contribution in [1.82, 2.24) is 15.6 Å². The van der Waals surface area contributed by atoms with E-state index in [1.54, 1.807) is 13.1 Å². The predicted octanol–water partition coefficient (Wildman–Crippen LogP) is 3.06. The molecule has 7 nitrogen and oxygen atoms in total. The zero-order valence-electron chi connectivity index (χ0n) is 18.4. The van der Waals surface area contributed by atoms with Crippen LogP contribution in [0.15, 0.2) is 48.7 Å². The summed E-state index contributed by atoms with van der Waals surface area (Å²) in [4.78, 5) is 31.9. The van der Waals surface area contributed by atoms with Gasteiger partial charge in [0.15, 0.2) is 6.10 Å². The summed E-state index contributed by atoms with van der Waals surface area (Å²) in [6, 6.07) is 14.4. The van der Waals surface area contributed by atoms with Crippen LogP contribution >= 0.6 is 0 Å². The molecule has 1 aromatic carbocycles. The Kier molecular flexibility index (Phi) is 5.72. The molecule has 168 valence electrons. The molecule has 2 amide bonds. The molecule has 2 aliphatic heterocycles. The molecule has 1 saturated carbocycles. The minimum Gasteiger partial charge on any atom is -0.481 e. The number of pyridine rings is 1. The van der Waals surface area contributed by atoms with Gasteiger partial charge in [0, 0.05) is 30.4 Å². The summed E-state index contributed by atoms with van der Waals surface area (Å²) in [7, 11) is 0. The molecule has 5 rings (SSSR count). The number of carbonyl (C=O) groups excluding carboxylic acids is 2. The van der Waals surface area contributed by atoms with Crippen LogP contribution in [0.4, 0.5) is 5.82 Å². The SMILES string of the molecule is CC(Oc1ccccc1)C(=O)NC1CC2CCC(C1)N2c1ccc(C(=O)NC2CC2)cn1. The molecule has 3 unspecified atom stereocenters. The number of amides is 2. The van der Waals surface area contributed by atoms with Crippen molar-refractivity contribution >= 4 is 17.6 Å². The van der Waals surface area contributed by atoms with Crippen molar-refractivity contribution in [2.75, 3.05) is 4.90 Å². The molecule has 0 radical (unpaired) electrons. The zero-order chi connectivity index (χ0) is 22.1. The topological polar surface area (TPSA) is 83.6 Å². The third-order valence-corrected chi connectivity index (χ3v) is 6.69. The van der Waals surface area contributed by atoms with Crippen molar-refractivity contribution in [1.29, 1.82) is 0 Å². The Morgan fingerprint density at radius 1 is 0.969 bits per heavy atom. The standard InChI is InChI=1S/C25H30N4O3/c1-16(32-22-5-3-2-4-6-22)24(30)28-19-13-20-10-11-21(14-19)29(20)23-12-7-17(15-26-23)25(31)27-18-8-9-18/h2-7,12,15-16,18-21H,8-11,13-14H2,1H3,(H,27,31)(H,28,30). The van der Waals surface area contributed by atoms with Crippen molar-refractivity contribution < 1.29 is 14.3 Å². The Bertz CT molecular complexity index is 947. The molecule has 3 fully saturated rings. The fourth-order valence-corrected chi connectivity index (χ4v) is 4.91. The molecule has 2 bridgehead atoms.